The molecule has 3 aromatic rings. The molecule has 0 saturated heterocycles. The summed E-state index contributed by atoms with van der Waals surface area (Å²) in [5, 5.41) is 4.42. The van der Waals surface area contributed by atoms with Crippen molar-refractivity contribution < 1.29 is 14.3 Å². The Labute approximate surface area is 167 Å². The van der Waals surface area contributed by atoms with Crippen molar-refractivity contribution in [3.8, 4) is 11.5 Å². The number of nitrogens with zero attached hydrogens (tertiary/aromatic N) is 2. The molecule has 0 bridgehead atoms. The maximum absolute atomic E-state index is 12.2. The van der Waals surface area contributed by atoms with Crippen LogP contribution in [0.2, 0.25) is 0 Å². The topological polar surface area (TPSA) is 73.3 Å². The highest BCUT2D eigenvalue weighted by atomic mass is 32.2. The molecule has 28 heavy (non-hydrogen) atoms. The average molecular weight is 393 g/mol. The van der Waals surface area contributed by atoms with Gasteiger partial charge >= 0.3 is 0 Å². The van der Waals surface area contributed by atoms with E-state index < -0.39 is 0 Å². The minimum Gasteiger partial charge on any atom is -0.493 e. The van der Waals surface area contributed by atoms with Crippen LogP contribution in [0.3, 0.4) is 0 Å². The fourth-order valence-electron chi connectivity index (χ4n) is 2.37. The Morgan fingerprint density at radius 2 is 1.79 bits per heavy atom. The second kappa shape index (κ2) is 9.57. The molecule has 7 heteroatoms. The van der Waals surface area contributed by atoms with E-state index in [1.807, 2.05) is 30.3 Å². The van der Waals surface area contributed by atoms with Crippen LogP contribution in [0.4, 0.5) is 5.69 Å². The fourth-order valence-corrected chi connectivity index (χ4v) is 3.14. The number of methoxy groups -OCH3 is 2. The molecule has 6 nitrogen and oxygen atoms in total. The first-order valence-corrected chi connectivity index (χ1v) is 9.25. The van der Waals surface area contributed by atoms with E-state index in [9.17, 15) is 4.79 Å². The number of amides is 1. The maximum Gasteiger partial charge on any atom is 0.248 e. The van der Waals surface area contributed by atoms with Gasteiger partial charge in [0.2, 0.25) is 5.91 Å². The highest BCUT2D eigenvalue weighted by Crippen LogP contribution is 2.28. The van der Waals surface area contributed by atoms with Gasteiger partial charge in [0.1, 0.15) is 10.1 Å². The summed E-state index contributed by atoms with van der Waals surface area (Å²) in [4.78, 5) is 20.8. The standard InChI is InChI=1S/C21H19N3O3S/c1-26-17-8-6-15(13-18(17)27-2)7-9-19(25)24-16-10-12-23-21(14-16)28-20-5-3-4-11-22-20/h3-14H,1-2H3,(H,23,24,25)/b9-7+. The SMILES string of the molecule is COc1ccc(/C=C/C(=O)Nc2ccnc(Sc3ccccn3)c2)cc1OC. The van der Waals surface area contributed by atoms with Crippen molar-refractivity contribution >= 4 is 29.4 Å². The third kappa shape index (κ3) is 5.34. The molecule has 1 aromatic carbocycles. The van der Waals surface area contributed by atoms with E-state index in [0.717, 1.165) is 15.6 Å². The molecule has 0 atom stereocenters. The van der Waals surface area contributed by atoms with Crippen molar-refractivity contribution in [1.82, 2.24) is 9.97 Å². The number of hydrogen-bond acceptors (Lipinski definition) is 6. The van der Waals surface area contributed by atoms with Crippen molar-refractivity contribution in [3.05, 3.63) is 72.6 Å². The highest BCUT2D eigenvalue weighted by Gasteiger charge is 2.05. The molecule has 2 heterocycles. The number of carbonyl (C=O) groups is 1. The van der Waals surface area contributed by atoms with Gasteiger partial charge in [0, 0.05) is 24.2 Å². The van der Waals surface area contributed by atoms with Crippen molar-refractivity contribution in [1.29, 1.82) is 0 Å². The van der Waals surface area contributed by atoms with E-state index in [0.29, 0.717) is 17.2 Å². The zero-order chi connectivity index (χ0) is 19.8. The van der Waals surface area contributed by atoms with Gasteiger partial charge in [0.05, 0.1) is 14.2 Å². The molecule has 1 N–H and O–H groups in total. The number of rotatable bonds is 7. The number of ether oxygens (including phenoxy) is 2. The third-order valence-corrected chi connectivity index (χ3v) is 4.57. The molecular weight excluding hydrogens is 374 g/mol. The minimum absolute atomic E-state index is 0.241. The summed E-state index contributed by atoms with van der Waals surface area (Å²) < 4.78 is 10.5. The largest absolute Gasteiger partial charge is 0.493 e. The zero-order valence-corrected chi connectivity index (χ0v) is 16.3. The molecule has 0 aliphatic carbocycles. The predicted molar refractivity (Wildman–Crippen MR) is 110 cm³/mol. The molecule has 0 radical (unpaired) electrons. The Balaban J connectivity index is 1.65. The number of nitrogens with one attached hydrogen (secondary N) is 1. The molecule has 0 spiro atoms. The molecule has 0 saturated carbocycles. The van der Waals surface area contributed by atoms with E-state index in [4.69, 9.17) is 9.47 Å². The normalized spacial score (nSPS) is 10.6. The lowest BCUT2D eigenvalue weighted by Crippen LogP contribution is -2.07. The Hall–Kier alpha value is -3.32. The molecular formula is C21H19N3O3S. The van der Waals surface area contributed by atoms with Crippen LogP contribution >= 0.6 is 11.8 Å². The van der Waals surface area contributed by atoms with Gasteiger partial charge < -0.3 is 14.8 Å². The van der Waals surface area contributed by atoms with E-state index in [1.54, 1.807) is 50.9 Å². The summed E-state index contributed by atoms with van der Waals surface area (Å²) in [5.41, 5.74) is 1.49. The molecule has 2 aromatic heterocycles. The van der Waals surface area contributed by atoms with Crippen LogP contribution < -0.4 is 14.8 Å². The summed E-state index contributed by atoms with van der Waals surface area (Å²) in [6, 6.07) is 14.7. The van der Waals surface area contributed by atoms with E-state index in [1.165, 1.54) is 17.8 Å². The lowest BCUT2D eigenvalue weighted by molar-refractivity contribution is -0.111. The van der Waals surface area contributed by atoms with Crippen LogP contribution in [-0.2, 0) is 4.79 Å². The predicted octanol–water partition coefficient (Wildman–Crippen LogP) is 4.30. The van der Waals surface area contributed by atoms with Gasteiger partial charge in [-0.2, -0.15) is 0 Å². The Morgan fingerprint density at radius 3 is 2.54 bits per heavy atom. The molecule has 0 unspecified atom stereocenters. The Bertz CT molecular complexity index is 978. The summed E-state index contributed by atoms with van der Waals surface area (Å²) in [6.07, 6.45) is 6.56. The van der Waals surface area contributed by atoms with Crippen LogP contribution in [0, 0.1) is 0 Å². The lowest BCUT2D eigenvalue weighted by Gasteiger charge is -2.07. The summed E-state index contributed by atoms with van der Waals surface area (Å²) in [6.45, 7) is 0. The second-order valence-corrected chi connectivity index (χ2v) is 6.63. The van der Waals surface area contributed by atoms with Crippen LogP contribution in [0.1, 0.15) is 5.56 Å². The van der Waals surface area contributed by atoms with Crippen molar-refractivity contribution in [2.45, 2.75) is 10.1 Å². The van der Waals surface area contributed by atoms with Crippen LogP contribution in [0.5, 0.6) is 11.5 Å². The molecule has 0 aliphatic rings. The first-order chi connectivity index (χ1) is 13.7. The molecule has 3 rings (SSSR count). The van der Waals surface area contributed by atoms with Gasteiger partial charge in [0.25, 0.3) is 0 Å². The third-order valence-electron chi connectivity index (χ3n) is 3.68. The number of pyridine rings is 2. The van der Waals surface area contributed by atoms with Crippen LogP contribution in [0.15, 0.2) is 77.1 Å². The van der Waals surface area contributed by atoms with Gasteiger partial charge in [-0.25, -0.2) is 9.97 Å². The van der Waals surface area contributed by atoms with E-state index in [2.05, 4.69) is 15.3 Å². The van der Waals surface area contributed by atoms with Crippen molar-refractivity contribution in [3.63, 3.8) is 0 Å². The van der Waals surface area contributed by atoms with Crippen molar-refractivity contribution in [2.24, 2.45) is 0 Å². The first kappa shape index (κ1) is 19.4. The fraction of sp³-hybridized carbons (Fsp3) is 0.0952. The van der Waals surface area contributed by atoms with E-state index in [-0.39, 0.29) is 5.91 Å². The lowest BCUT2D eigenvalue weighted by atomic mass is 10.2. The zero-order valence-electron chi connectivity index (χ0n) is 15.5. The smallest absolute Gasteiger partial charge is 0.248 e. The van der Waals surface area contributed by atoms with Gasteiger partial charge in [0.15, 0.2) is 11.5 Å². The van der Waals surface area contributed by atoms with Crippen molar-refractivity contribution in [2.75, 3.05) is 19.5 Å². The van der Waals surface area contributed by atoms with Gasteiger partial charge in [-0.15, -0.1) is 0 Å². The molecule has 1 amide bonds. The molecule has 142 valence electrons. The number of aromatic nitrogens is 2. The maximum atomic E-state index is 12.2. The highest BCUT2D eigenvalue weighted by molar-refractivity contribution is 7.99. The number of carbonyl (C=O) groups excluding carboxylic acids is 1. The molecule has 0 aliphatic heterocycles. The monoisotopic (exact) mass is 393 g/mol. The Kier molecular flexibility index (Phi) is 6.64. The summed E-state index contributed by atoms with van der Waals surface area (Å²) in [5.74, 6) is 1.00. The summed E-state index contributed by atoms with van der Waals surface area (Å²) in [7, 11) is 3.15. The van der Waals surface area contributed by atoms with Gasteiger partial charge in [-0.3, -0.25) is 4.79 Å². The first-order valence-electron chi connectivity index (χ1n) is 8.44. The number of hydrogen-bond donors (Lipinski definition) is 1. The Morgan fingerprint density at radius 1 is 0.964 bits per heavy atom. The second-order valence-electron chi connectivity index (χ2n) is 5.59. The summed E-state index contributed by atoms with van der Waals surface area (Å²) >= 11 is 1.43. The quantitative estimate of drug-likeness (QED) is 0.604. The van der Waals surface area contributed by atoms with Crippen LogP contribution in [0.25, 0.3) is 6.08 Å². The van der Waals surface area contributed by atoms with E-state index >= 15 is 0 Å². The number of anilines is 1. The number of benzene rings is 1. The molecule has 0 fully saturated rings. The van der Waals surface area contributed by atoms with Gasteiger partial charge in [-0.05, 0) is 48.0 Å². The van der Waals surface area contributed by atoms with Gasteiger partial charge in [-0.1, -0.05) is 23.9 Å². The average Bonchev–Trinajstić information content (AvgIpc) is 2.73. The van der Waals surface area contributed by atoms with Crippen LogP contribution in [-0.4, -0.2) is 30.1 Å². The minimum atomic E-state index is -0.241.